The van der Waals surface area contributed by atoms with Crippen LogP contribution in [0, 0.1) is 6.92 Å². The molecule has 1 fully saturated rings. The number of carbonyl (C=O) groups is 1. The van der Waals surface area contributed by atoms with E-state index in [1.807, 2.05) is 38.2 Å². The minimum Gasteiger partial charge on any atom is -0.324 e. The Morgan fingerprint density at radius 1 is 1.47 bits per heavy atom. The lowest BCUT2D eigenvalue weighted by atomic mass is 10.1. The zero-order valence-electron chi connectivity index (χ0n) is 10.4. The number of piperazine rings is 1. The van der Waals surface area contributed by atoms with Crippen molar-refractivity contribution in [2.75, 3.05) is 32.0 Å². The molecule has 1 aromatic rings. The number of hydrogen-bond acceptors (Lipinski definition) is 3. The van der Waals surface area contributed by atoms with Crippen molar-refractivity contribution >= 4 is 11.6 Å². The summed E-state index contributed by atoms with van der Waals surface area (Å²) < 4.78 is 0. The highest BCUT2D eigenvalue weighted by Gasteiger charge is 2.25. The van der Waals surface area contributed by atoms with Crippen LogP contribution in [-0.4, -0.2) is 43.5 Å². The van der Waals surface area contributed by atoms with E-state index in [0.29, 0.717) is 6.54 Å². The molecule has 1 atom stereocenters. The zero-order chi connectivity index (χ0) is 12.3. The molecular formula is C13H19N3O. The van der Waals surface area contributed by atoms with Crippen LogP contribution >= 0.6 is 0 Å². The van der Waals surface area contributed by atoms with Crippen LogP contribution in [0.1, 0.15) is 5.56 Å². The first kappa shape index (κ1) is 12.1. The first-order valence-electron chi connectivity index (χ1n) is 5.96. The highest BCUT2D eigenvalue weighted by molar-refractivity contribution is 5.95. The van der Waals surface area contributed by atoms with Gasteiger partial charge >= 0.3 is 0 Å². The van der Waals surface area contributed by atoms with Gasteiger partial charge in [-0.3, -0.25) is 9.69 Å². The van der Waals surface area contributed by atoms with Crippen LogP contribution in [0.4, 0.5) is 5.69 Å². The standard InChI is InChI=1S/C13H19N3O/c1-10-5-3-4-6-11(10)15-13(17)12-9-14-7-8-16(12)2/h3-6,12,14H,7-9H2,1-2H3,(H,15,17). The molecule has 0 saturated carbocycles. The van der Waals surface area contributed by atoms with Gasteiger partial charge in [0.15, 0.2) is 0 Å². The molecule has 0 bridgehead atoms. The van der Waals surface area contributed by atoms with E-state index < -0.39 is 0 Å². The van der Waals surface area contributed by atoms with Crippen molar-refractivity contribution in [1.82, 2.24) is 10.2 Å². The molecule has 1 aliphatic heterocycles. The number of rotatable bonds is 2. The molecule has 2 rings (SSSR count). The van der Waals surface area contributed by atoms with Crippen LogP contribution in [0.2, 0.25) is 0 Å². The number of para-hydroxylation sites is 1. The molecule has 1 aromatic carbocycles. The molecule has 0 aliphatic carbocycles. The lowest BCUT2D eigenvalue weighted by Gasteiger charge is -2.31. The SMILES string of the molecule is Cc1ccccc1NC(=O)C1CNCCN1C. The summed E-state index contributed by atoms with van der Waals surface area (Å²) in [7, 11) is 1.99. The molecule has 1 aliphatic rings. The average Bonchev–Trinajstić information content (AvgIpc) is 2.32. The third-order valence-corrected chi connectivity index (χ3v) is 3.22. The highest BCUT2D eigenvalue weighted by Crippen LogP contribution is 2.14. The molecular weight excluding hydrogens is 214 g/mol. The van der Waals surface area contributed by atoms with Crippen molar-refractivity contribution < 1.29 is 4.79 Å². The summed E-state index contributed by atoms with van der Waals surface area (Å²) in [6.07, 6.45) is 0. The first-order chi connectivity index (χ1) is 8.18. The number of hydrogen-bond donors (Lipinski definition) is 2. The normalized spacial score (nSPS) is 21.2. The van der Waals surface area contributed by atoms with Crippen molar-refractivity contribution in [3.63, 3.8) is 0 Å². The lowest BCUT2D eigenvalue weighted by molar-refractivity contribution is -0.121. The van der Waals surface area contributed by atoms with Crippen molar-refractivity contribution in [1.29, 1.82) is 0 Å². The van der Waals surface area contributed by atoms with Gasteiger partial charge in [-0.05, 0) is 25.6 Å². The molecule has 0 aromatic heterocycles. The summed E-state index contributed by atoms with van der Waals surface area (Å²) in [5.74, 6) is 0.0639. The largest absolute Gasteiger partial charge is 0.324 e. The highest BCUT2D eigenvalue weighted by atomic mass is 16.2. The van der Waals surface area contributed by atoms with Crippen LogP contribution in [0.3, 0.4) is 0 Å². The summed E-state index contributed by atoms with van der Waals surface area (Å²) in [5, 5.41) is 6.23. The number of anilines is 1. The van der Waals surface area contributed by atoms with E-state index in [4.69, 9.17) is 0 Å². The second-order valence-electron chi connectivity index (χ2n) is 4.50. The van der Waals surface area contributed by atoms with Gasteiger partial charge in [0.25, 0.3) is 0 Å². The molecule has 1 saturated heterocycles. The summed E-state index contributed by atoms with van der Waals surface area (Å²) in [5.41, 5.74) is 1.99. The fourth-order valence-corrected chi connectivity index (χ4v) is 2.03. The number of likely N-dealkylation sites (N-methyl/N-ethyl adjacent to an activating group) is 1. The third-order valence-electron chi connectivity index (χ3n) is 3.22. The minimum atomic E-state index is -0.0802. The van der Waals surface area contributed by atoms with Gasteiger partial charge in [0.1, 0.15) is 6.04 Å². The van der Waals surface area contributed by atoms with Crippen molar-refractivity contribution in [3.8, 4) is 0 Å². The van der Waals surface area contributed by atoms with E-state index in [1.54, 1.807) is 0 Å². The molecule has 92 valence electrons. The number of benzene rings is 1. The fourth-order valence-electron chi connectivity index (χ4n) is 2.03. The Bertz CT molecular complexity index is 405. The van der Waals surface area contributed by atoms with Crippen LogP contribution in [-0.2, 0) is 4.79 Å². The Morgan fingerprint density at radius 3 is 2.94 bits per heavy atom. The fraction of sp³-hybridized carbons (Fsp3) is 0.462. The molecule has 2 N–H and O–H groups in total. The quantitative estimate of drug-likeness (QED) is 0.795. The summed E-state index contributed by atoms with van der Waals surface area (Å²) in [4.78, 5) is 14.2. The molecule has 4 heteroatoms. The Morgan fingerprint density at radius 2 is 2.24 bits per heavy atom. The maximum absolute atomic E-state index is 12.1. The Balaban J connectivity index is 2.03. The monoisotopic (exact) mass is 233 g/mol. The molecule has 17 heavy (non-hydrogen) atoms. The van der Waals surface area contributed by atoms with Crippen LogP contribution in [0.15, 0.2) is 24.3 Å². The number of nitrogens with zero attached hydrogens (tertiary/aromatic N) is 1. The number of aryl methyl sites for hydroxylation is 1. The van der Waals surface area contributed by atoms with E-state index in [1.165, 1.54) is 0 Å². The van der Waals surface area contributed by atoms with Crippen molar-refractivity contribution in [3.05, 3.63) is 29.8 Å². The minimum absolute atomic E-state index is 0.0639. The number of carbonyl (C=O) groups excluding carboxylic acids is 1. The Kier molecular flexibility index (Phi) is 3.76. The van der Waals surface area contributed by atoms with Crippen LogP contribution in [0.25, 0.3) is 0 Å². The molecule has 1 amide bonds. The van der Waals surface area contributed by atoms with Crippen LogP contribution in [0.5, 0.6) is 0 Å². The Labute approximate surface area is 102 Å². The summed E-state index contributed by atoms with van der Waals surface area (Å²) in [6, 6.07) is 7.76. The van der Waals surface area contributed by atoms with Gasteiger partial charge in [-0.15, -0.1) is 0 Å². The number of nitrogens with one attached hydrogen (secondary N) is 2. The second-order valence-corrected chi connectivity index (χ2v) is 4.50. The molecule has 1 heterocycles. The predicted molar refractivity (Wildman–Crippen MR) is 69.1 cm³/mol. The maximum Gasteiger partial charge on any atom is 0.243 e. The van der Waals surface area contributed by atoms with Crippen LogP contribution < -0.4 is 10.6 Å². The topological polar surface area (TPSA) is 44.4 Å². The molecule has 0 spiro atoms. The van der Waals surface area contributed by atoms with Gasteiger partial charge in [-0.2, -0.15) is 0 Å². The summed E-state index contributed by atoms with van der Waals surface area (Å²) in [6.45, 7) is 4.57. The first-order valence-corrected chi connectivity index (χ1v) is 5.96. The van der Waals surface area contributed by atoms with Gasteiger partial charge in [0.05, 0.1) is 0 Å². The average molecular weight is 233 g/mol. The summed E-state index contributed by atoms with van der Waals surface area (Å²) >= 11 is 0. The van der Waals surface area contributed by atoms with Gasteiger partial charge < -0.3 is 10.6 Å². The van der Waals surface area contributed by atoms with Gasteiger partial charge in [-0.25, -0.2) is 0 Å². The number of amides is 1. The van der Waals surface area contributed by atoms with E-state index in [-0.39, 0.29) is 11.9 Å². The predicted octanol–water partition coefficient (Wildman–Crippen LogP) is 0.837. The Hall–Kier alpha value is -1.39. The van der Waals surface area contributed by atoms with E-state index in [2.05, 4.69) is 15.5 Å². The second kappa shape index (κ2) is 5.29. The molecule has 1 unspecified atom stereocenters. The van der Waals surface area contributed by atoms with Gasteiger partial charge in [-0.1, -0.05) is 18.2 Å². The third kappa shape index (κ3) is 2.84. The van der Waals surface area contributed by atoms with Gasteiger partial charge in [0.2, 0.25) is 5.91 Å². The van der Waals surface area contributed by atoms with Gasteiger partial charge in [0, 0.05) is 25.3 Å². The smallest absolute Gasteiger partial charge is 0.243 e. The van der Waals surface area contributed by atoms with Crippen molar-refractivity contribution in [2.24, 2.45) is 0 Å². The lowest BCUT2D eigenvalue weighted by Crippen LogP contribution is -2.54. The van der Waals surface area contributed by atoms with Crippen molar-refractivity contribution in [2.45, 2.75) is 13.0 Å². The molecule has 4 nitrogen and oxygen atoms in total. The maximum atomic E-state index is 12.1. The zero-order valence-corrected chi connectivity index (χ0v) is 10.4. The van der Waals surface area contributed by atoms with E-state index in [9.17, 15) is 4.79 Å². The molecule has 0 radical (unpaired) electrons. The van der Waals surface area contributed by atoms with E-state index >= 15 is 0 Å². The van der Waals surface area contributed by atoms with E-state index in [0.717, 1.165) is 24.3 Å².